The molecule has 0 atom stereocenters. The molecule has 0 spiro atoms. The van der Waals surface area contributed by atoms with E-state index >= 15 is 0 Å². The first kappa shape index (κ1) is 16.9. The SMILES string of the molecule is Cc1ccc(NC(=O)CSc2cc(C)c(Br)cc2C)c(O)c1. The van der Waals surface area contributed by atoms with Crippen LogP contribution < -0.4 is 5.32 Å². The van der Waals surface area contributed by atoms with E-state index in [9.17, 15) is 9.90 Å². The maximum Gasteiger partial charge on any atom is 0.234 e. The van der Waals surface area contributed by atoms with Crippen molar-refractivity contribution in [2.24, 2.45) is 0 Å². The van der Waals surface area contributed by atoms with Gasteiger partial charge in [0.2, 0.25) is 5.91 Å². The number of amides is 1. The summed E-state index contributed by atoms with van der Waals surface area (Å²) in [6.07, 6.45) is 0. The van der Waals surface area contributed by atoms with Crippen molar-refractivity contribution in [2.75, 3.05) is 11.1 Å². The lowest BCUT2D eigenvalue weighted by Crippen LogP contribution is -2.14. The highest BCUT2D eigenvalue weighted by molar-refractivity contribution is 9.10. The van der Waals surface area contributed by atoms with E-state index in [1.54, 1.807) is 12.1 Å². The molecule has 2 aromatic rings. The topological polar surface area (TPSA) is 49.3 Å². The maximum atomic E-state index is 12.0. The summed E-state index contributed by atoms with van der Waals surface area (Å²) >= 11 is 4.99. The third kappa shape index (κ3) is 4.27. The number of hydrogen-bond acceptors (Lipinski definition) is 3. The molecule has 5 heteroatoms. The van der Waals surface area contributed by atoms with E-state index in [4.69, 9.17) is 0 Å². The zero-order valence-electron chi connectivity index (χ0n) is 12.7. The standard InChI is InChI=1S/C17H18BrNO2S/c1-10-4-5-14(15(20)6-10)19-17(21)9-22-16-8-11(2)13(18)7-12(16)3/h4-8,20H,9H2,1-3H3,(H,19,21). The number of carbonyl (C=O) groups is 1. The first-order valence-electron chi connectivity index (χ1n) is 6.86. The molecule has 0 aliphatic rings. The van der Waals surface area contributed by atoms with Gasteiger partial charge in [-0.3, -0.25) is 4.79 Å². The third-order valence-electron chi connectivity index (χ3n) is 3.24. The second kappa shape index (κ2) is 7.20. The number of aromatic hydroxyl groups is 1. The molecule has 0 bridgehead atoms. The number of nitrogens with one attached hydrogen (secondary N) is 1. The fourth-order valence-electron chi connectivity index (χ4n) is 1.99. The van der Waals surface area contributed by atoms with Crippen LogP contribution in [0.2, 0.25) is 0 Å². The predicted octanol–water partition coefficient (Wildman–Crippen LogP) is 4.81. The van der Waals surface area contributed by atoms with Crippen LogP contribution in [0.5, 0.6) is 5.75 Å². The van der Waals surface area contributed by atoms with E-state index < -0.39 is 0 Å². The Morgan fingerprint density at radius 2 is 1.91 bits per heavy atom. The fraction of sp³-hybridized carbons (Fsp3) is 0.235. The summed E-state index contributed by atoms with van der Waals surface area (Å²) in [7, 11) is 0. The first-order valence-corrected chi connectivity index (χ1v) is 8.63. The molecule has 0 saturated carbocycles. The first-order chi connectivity index (χ1) is 10.4. The van der Waals surface area contributed by atoms with Crippen LogP contribution in [-0.2, 0) is 4.79 Å². The minimum atomic E-state index is -0.135. The Morgan fingerprint density at radius 1 is 1.18 bits per heavy atom. The summed E-state index contributed by atoms with van der Waals surface area (Å²) < 4.78 is 1.07. The quantitative estimate of drug-likeness (QED) is 0.591. The van der Waals surface area contributed by atoms with Crippen LogP contribution in [0, 0.1) is 20.8 Å². The van der Waals surface area contributed by atoms with Crippen molar-refractivity contribution in [3.8, 4) is 5.75 Å². The number of aryl methyl sites for hydroxylation is 3. The molecule has 0 aliphatic heterocycles. The summed E-state index contributed by atoms with van der Waals surface area (Å²) in [6.45, 7) is 5.94. The second-order valence-corrected chi connectivity index (χ2v) is 7.10. The monoisotopic (exact) mass is 379 g/mol. The van der Waals surface area contributed by atoms with Crippen molar-refractivity contribution in [3.05, 3.63) is 51.5 Å². The molecular formula is C17H18BrNO2S. The molecule has 0 aromatic heterocycles. The molecule has 2 aromatic carbocycles. The second-order valence-electron chi connectivity index (χ2n) is 5.22. The highest BCUT2D eigenvalue weighted by Crippen LogP contribution is 2.29. The van der Waals surface area contributed by atoms with Gasteiger partial charge < -0.3 is 10.4 Å². The van der Waals surface area contributed by atoms with Gasteiger partial charge in [0.1, 0.15) is 5.75 Å². The van der Waals surface area contributed by atoms with Gasteiger partial charge in [0.25, 0.3) is 0 Å². The smallest absolute Gasteiger partial charge is 0.234 e. The van der Waals surface area contributed by atoms with Crippen LogP contribution in [0.3, 0.4) is 0 Å². The van der Waals surface area contributed by atoms with Crippen LogP contribution in [0.25, 0.3) is 0 Å². The van der Waals surface area contributed by atoms with E-state index in [-0.39, 0.29) is 11.7 Å². The van der Waals surface area contributed by atoms with Gasteiger partial charge in [-0.1, -0.05) is 22.0 Å². The van der Waals surface area contributed by atoms with Gasteiger partial charge in [-0.05, 0) is 61.7 Å². The zero-order valence-corrected chi connectivity index (χ0v) is 15.1. The molecule has 22 heavy (non-hydrogen) atoms. The molecule has 0 heterocycles. The van der Waals surface area contributed by atoms with Crippen molar-refractivity contribution in [2.45, 2.75) is 25.7 Å². The molecule has 0 fully saturated rings. The van der Waals surface area contributed by atoms with Gasteiger partial charge in [0.05, 0.1) is 11.4 Å². The molecule has 0 aliphatic carbocycles. The summed E-state index contributed by atoms with van der Waals surface area (Å²) in [5.74, 6) is 0.257. The van der Waals surface area contributed by atoms with Crippen LogP contribution >= 0.6 is 27.7 Å². The van der Waals surface area contributed by atoms with E-state index in [1.165, 1.54) is 11.8 Å². The molecule has 2 rings (SSSR count). The average Bonchev–Trinajstić information content (AvgIpc) is 2.44. The number of hydrogen-bond donors (Lipinski definition) is 2. The number of thioether (sulfide) groups is 1. The summed E-state index contributed by atoms with van der Waals surface area (Å²) in [5.41, 5.74) is 3.67. The Hall–Kier alpha value is -1.46. The van der Waals surface area contributed by atoms with Crippen molar-refractivity contribution in [3.63, 3.8) is 0 Å². The maximum absolute atomic E-state index is 12.0. The largest absolute Gasteiger partial charge is 0.506 e. The Labute approximate surface area is 143 Å². The van der Waals surface area contributed by atoms with E-state index in [0.717, 1.165) is 26.1 Å². The fourth-order valence-corrected chi connectivity index (χ4v) is 3.35. The van der Waals surface area contributed by atoms with Gasteiger partial charge in [-0.2, -0.15) is 0 Å². The molecule has 0 saturated heterocycles. The Balaban J connectivity index is 2.00. The average molecular weight is 380 g/mol. The van der Waals surface area contributed by atoms with Crippen molar-refractivity contribution in [1.29, 1.82) is 0 Å². The van der Waals surface area contributed by atoms with Crippen molar-refractivity contribution in [1.82, 2.24) is 0 Å². The van der Waals surface area contributed by atoms with E-state index in [2.05, 4.69) is 33.4 Å². The predicted molar refractivity (Wildman–Crippen MR) is 95.8 cm³/mol. The van der Waals surface area contributed by atoms with Crippen molar-refractivity contribution >= 4 is 39.3 Å². The minimum absolute atomic E-state index is 0.0917. The van der Waals surface area contributed by atoms with Crippen LogP contribution in [0.1, 0.15) is 16.7 Å². The molecular weight excluding hydrogens is 362 g/mol. The number of halogens is 1. The Kier molecular flexibility index (Phi) is 5.53. The van der Waals surface area contributed by atoms with Crippen LogP contribution in [-0.4, -0.2) is 16.8 Å². The highest BCUT2D eigenvalue weighted by Gasteiger charge is 2.09. The molecule has 0 radical (unpaired) electrons. The van der Waals surface area contributed by atoms with Crippen molar-refractivity contribution < 1.29 is 9.90 Å². The summed E-state index contributed by atoms with van der Waals surface area (Å²) in [4.78, 5) is 13.1. The van der Waals surface area contributed by atoms with Gasteiger partial charge in [0.15, 0.2) is 0 Å². The Morgan fingerprint density at radius 3 is 2.59 bits per heavy atom. The lowest BCUT2D eigenvalue weighted by atomic mass is 10.2. The molecule has 2 N–H and O–H groups in total. The molecule has 116 valence electrons. The van der Waals surface area contributed by atoms with E-state index in [0.29, 0.717) is 11.4 Å². The molecule has 0 unspecified atom stereocenters. The number of carbonyl (C=O) groups excluding carboxylic acids is 1. The molecule has 1 amide bonds. The Bertz CT molecular complexity index is 716. The third-order valence-corrected chi connectivity index (χ3v) is 5.25. The number of anilines is 1. The number of phenols is 1. The summed E-state index contributed by atoms with van der Waals surface area (Å²) in [6, 6.07) is 9.32. The number of phenolic OH excluding ortho intramolecular Hbond substituents is 1. The highest BCUT2D eigenvalue weighted by atomic mass is 79.9. The minimum Gasteiger partial charge on any atom is -0.506 e. The van der Waals surface area contributed by atoms with Crippen LogP contribution in [0.15, 0.2) is 39.7 Å². The van der Waals surface area contributed by atoms with E-state index in [1.807, 2.05) is 26.8 Å². The van der Waals surface area contributed by atoms with Gasteiger partial charge in [-0.15, -0.1) is 11.8 Å². The summed E-state index contributed by atoms with van der Waals surface area (Å²) in [5, 5.41) is 12.5. The lowest BCUT2D eigenvalue weighted by Gasteiger charge is -2.10. The zero-order chi connectivity index (χ0) is 16.3. The number of benzene rings is 2. The normalized spacial score (nSPS) is 10.5. The lowest BCUT2D eigenvalue weighted by molar-refractivity contribution is -0.113. The van der Waals surface area contributed by atoms with Gasteiger partial charge >= 0.3 is 0 Å². The van der Waals surface area contributed by atoms with Gasteiger partial charge in [0, 0.05) is 9.37 Å². The van der Waals surface area contributed by atoms with Gasteiger partial charge in [-0.25, -0.2) is 0 Å². The van der Waals surface area contributed by atoms with Crippen LogP contribution in [0.4, 0.5) is 5.69 Å². The number of rotatable bonds is 4. The molecule has 3 nitrogen and oxygen atoms in total.